The van der Waals surface area contributed by atoms with Crippen LogP contribution in [0.15, 0.2) is 11.6 Å². The fourth-order valence-electron chi connectivity index (χ4n) is 1.14. The highest BCUT2D eigenvalue weighted by Crippen LogP contribution is 2.18. The Kier molecular flexibility index (Phi) is 4.35. The van der Waals surface area contributed by atoms with E-state index in [9.17, 15) is 0 Å². The molecule has 1 aromatic rings. The zero-order valence-corrected chi connectivity index (χ0v) is 8.97. The quantitative estimate of drug-likeness (QED) is 0.756. The van der Waals surface area contributed by atoms with Crippen LogP contribution in [0.25, 0.3) is 0 Å². The summed E-state index contributed by atoms with van der Waals surface area (Å²) in [7, 11) is 0. The smallest absolute Gasteiger partial charge is 0.109 e. The Morgan fingerprint density at radius 3 is 2.92 bits per heavy atom. The molecule has 3 N–H and O–H groups in total. The van der Waals surface area contributed by atoms with Gasteiger partial charge in [0.1, 0.15) is 5.01 Å². The highest BCUT2D eigenvalue weighted by atomic mass is 32.1. The van der Waals surface area contributed by atoms with Gasteiger partial charge in [-0.15, -0.1) is 11.3 Å². The Hall–Kier alpha value is -0.450. The van der Waals surface area contributed by atoms with Gasteiger partial charge in [-0.2, -0.15) is 0 Å². The van der Waals surface area contributed by atoms with E-state index in [1.54, 1.807) is 11.3 Å². The number of aromatic nitrogens is 1. The first-order valence-electron chi connectivity index (χ1n) is 4.62. The lowest BCUT2D eigenvalue weighted by molar-refractivity contribution is 0.492. The molecule has 74 valence electrons. The van der Waals surface area contributed by atoms with Gasteiger partial charge < -0.3 is 11.1 Å². The van der Waals surface area contributed by atoms with Crippen LogP contribution in [0.1, 0.15) is 31.3 Å². The number of nitrogens with one attached hydrogen (secondary N) is 1. The average Bonchev–Trinajstić information content (AvgIpc) is 2.58. The van der Waals surface area contributed by atoms with Crippen LogP contribution in [0.3, 0.4) is 0 Å². The second-order valence-electron chi connectivity index (χ2n) is 3.22. The van der Waals surface area contributed by atoms with E-state index in [4.69, 9.17) is 5.73 Å². The van der Waals surface area contributed by atoms with Crippen LogP contribution < -0.4 is 11.1 Å². The third-order valence-corrected chi connectivity index (χ3v) is 2.73. The summed E-state index contributed by atoms with van der Waals surface area (Å²) in [5.74, 6) is 0. The van der Waals surface area contributed by atoms with Crippen molar-refractivity contribution in [1.29, 1.82) is 0 Å². The van der Waals surface area contributed by atoms with E-state index in [0.717, 1.165) is 18.0 Å². The zero-order valence-electron chi connectivity index (χ0n) is 8.16. The van der Waals surface area contributed by atoms with Gasteiger partial charge in [-0.05, 0) is 13.3 Å². The van der Waals surface area contributed by atoms with Gasteiger partial charge in [0.05, 0.1) is 6.04 Å². The lowest BCUT2D eigenvalue weighted by atomic mass is 10.2. The van der Waals surface area contributed by atoms with Crippen molar-refractivity contribution in [3.05, 3.63) is 16.6 Å². The number of thiazole rings is 1. The molecule has 1 aromatic heterocycles. The molecule has 1 rings (SSSR count). The highest BCUT2D eigenvalue weighted by Gasteiger charge is 2.10. The molecular weight excluding hydrogens is 182 g/mol. The largest absolute Gasteiger partial charge is 0.327 e. The normalized spacial score (nSPS) is 15.6. The number of hydrogen-bond donors (Lipinski definition) is 2. The van der Waals surface area contributed by atoms with E-state index in [1.165, 1.54) is 0 Å². The van der Waals surface area contributed by atoms with Crippen molar-refractivity contribution < 1.29 is 0 Å². The molecular formula is C9H17N3S. The van der Waals surface area contributed by atoms with Gasteiger partial charge in [-0.25, -0.2) is 4.98 Å². The van der Waals surface area contributed by atoms with E-state index in [1.807, 2.05) is 18.5 Å². The molecule has 0 saturated heterocycles. The van der Waals surface area contributed by atoms with Crippen LogP contribution >= 0.6 is 11.3 Å². The average molecular weight is 199 g/mol. The molecule has 4 heteroatoms. The number of hydrogen-bond acceptors (Lipinski definition) is 4. The summed E-state index contributed by atoms with van der Waals surface area (Å²) in [5, 5.41) is 6.56. The maximum Gasteiger partial charge on any atom is 0.109 e. The number of nitrogens with two attached hydrogens (primary N) is 1. The van der Waals surface area contributed by atoms with Crippen LogP contribution in [0, 0.1) is 0 Å². The summed E-state index contributed by atoms with van der Waals surface area (Å²) in [6, 6.07) is 0.569. The Morgan fingerprint density at radius 2 is 2.46 bits per heavy atom. The minimum absolute atomic E-state index is 0.203. The van der Waals surface area contributed by atoms with Crippen molar-refractivity contribution in [2.24, 2.45) is 5.73 Å². The summed E-state index contributed by atoms with van der Waals surface area (Å²) in [5.41, 5.74) is 5.67. The maximum atomic E-state index is 5.67. The van der Waals surface area contributed by atoms with E-state index in [-0.39, 0.29) is 6.04 Å². The molecule has 1 heterocycles. The monoisotopic (exact) mass is 199 g/mol. The predicted molar refractivity (Wildman–Crippen MR) is 56.8 cm³/mol. The van der Waals surface area contributed by atoms with Crippen molar-refractivity contribution in [1.82, 2.24) is 10.3 Å². The van der Waals surface area contributed by atoms with Gasteiger partial charge in [0, 0.05) is 24.2 Å². The first-order chi connectivity index (χ1) is 6.24. The van der Waals surface area contributed by atoms with Gasteiger partial charge in [-0.3, -0.25) is 0 Å². The molecule has 2 atom stereocenters. The Morgan fingerprint density at radius 1 is 1.69 bits per heavy atom. The van der Waals surface area contributed by atoms with Gasteiger partial charge in [0.25, 0.3) is 0 Å². The summed E-state index contributed by atoms with van der Waals surface area (Å²) >= 11 is 1.69. The fourth-order valence-corrected chi connectivity index (χ4v) is 1.94. The number of rotatable bonds is 5. The highest BCUT2D eigenvalue weighted by molar-refractivity contribution is 7.09. The van der Waals surface area contributed by atoms with Crippen LogP contribution in [0.2, 0.25) is 0 Å². The molecule has 0 aliphatic heterocycles. The van der Waals surface area contributed by atoms with Gasteiger partial charge >= 0.3 is 0 Å². The van der Waals surface area contributed by atoms with E-state index >= 15 is 0 Å². The first-order valence-corrected chi connectivity index (χ1v) is 5.50. The lowest BCUT2D eigenvalue weighted by Gasteiger charge is -2.15. The molecule has 0 fully saturated rings. The van der Waals surface area contributed by atoms with Crippen molar-refractivity contribution in [2.45, 2.75) is 32.4 Å². The van der Waals surface area contributed by atoms with Gasteiger partial charge in [0.15, 0.2) is 0 Å². The minimum Gasteiger partial charge on any atom is -0.327 e. The number of nitrogens with zero attached hydrogens (tertiary/aromatic N) is 1. The molecule has 0 aliphatic rings. The van der Waals surface area contributed by atoms with Crippen molar-refractivity contribution in [2.75, 3.05) is 6.54 Å². The second kappa shape index (κ2) is 5.32. The lowest BCUT2D eigenvalue weighted by Crippen LogP contribution is -2.33. The topological polar surface area (TPSA) is 50.9 Å². The molecule has 0 aromatic carbocycles. The third-order valence-electron chi connectivity index (χ3n) is 1.84. The minimum atomic E-state index is 0.203. The first kappa shape index (κ1) is 10.6. The van der Waals surface area contributed by atoms with Crippen molar-refractivity contribution >= 4 is 11.3 Å². The molecule has 13 heavy (non-hydrogen) atoms. The van der Waals surface area contributed by atoms with E-state index in [0.29, 0.717) is 6.04 Å². The van der Waals surface area contributed by atoms with Crippen LogP contribution in [-0.4, -0.2) is 17.6 Å². The third kappa shape index (κ3) is 3.42. The summed E-state index contributed by atoms with van der Waals surface area (Å²) in [6.45, 7) is 5.00. The van der Waals surface area contributed by atoms with Crippen LogP contribution in [-0.2, 0) is 0 Å². The van der Waals surface area contributed by atoms with Crippen molar-refractivity contribution in [3.63, 3.8) is 0 Å². The zero-order chi connectivity index (χ0) is 9.68. The molecule has 0 aliphatic carbocycles. The van der Waals surface area contributed by atoms with Gasteiger partial charge in [0.2, 0.25) is 0 Å². The summed E-state index contributed by atoms with van der Waals surface area (Å²) < 4.78 is 0. The molecule has 2 unspecified atom stereocenters. The predicted octanol–water partition coefficient (Wildman–Crippen LogP) is 1.53. The second-order valence-corrected chi connectivity index (χ2v) is 4.14. The SMILES string of the molecule is CCC(NCC(C)N)c1nccs1. The Balaban J connectivity index is 2.44. The Labute approximate surface area is 83.4 Å². The Bertz CT molecular complexity index is 221. The molecule has 0 radical (unpaired) electrons. The summed E-state index contributed by atoms with van der Waals surface area (Å²) in [4.78, 5) is 4.28. The molecule has 0 amide bonds. The van der Waals surface area contributed by atoms with E-state index in [2.05, 4.69) is 17.2 Å². The van der Waals surface area contributed by atoms with E-state index < -0.39 is 0 Å². The van der Waals surface area contributed by atoms with Crippen LogP contribution in [0.4, 0.5) is 0 Å². The molecule has 0 saturated carbocycles. The fraction of sp³-hybridized carbons (Fsp3) is 0.667. The van der Waals surface area contributed by atoms with Crippen LogP contribution in [0.5, 0.6) is 0 Å². The van der Waals surface area contributed by atoms with Gasteiger partial charge in [-0.1, -0.05) is 6.92 Å². The molecule has 3 nitrogen and oxygen atoms in total. The molecule has 0 bridgehead atoms. The maximum absolute atomic E-state index is 5.67. The molecule has 0 spiro atoms. The summed E-state index contributed by atoms with van der Waals surface area (Å²) in [6.07, 6.45) is 2.90. The standard InChI is InChI=1S/C9H17N3S/c1-3-8(12-6-7(2)10)9-11-4-5-13-9/h4-5,7-8,12H,3,6,10H2,1-2H3. The van der Waals surface area contributed by atoms with Crippen molar-refractivity contribution in [3.8, 4) is 0 Å².